The Kier molecular flexibility index (Phi) is 5.49. The van der Waals surface area contributed by atoms with Crippen molar-refractivity contribution in [2.24, 2.45) is 0 Å². The summed E-state index contributed by atoms with van der Waals surface area (Å²) in [6.45, 7) is 0.151. The maximum atomic E-state index is 13.0. The summed E-state index contributed by atoms with van der Waals surface area (Å²) in [5.41, 5.74) is 2.87. The van der Waals surface area contributed by atoms with Gasteiger partial charge >= 0.3 is 0 Å². The van der Waals surface area contributed by atoms with Gasteiger partial charge in [0.1, 0.15) is 5.76 Å². The van der Waals surface area contributed by atoms with Crippen LogP contribution >= 0.6 is 0 Å². The largest absolute Gasteiger partial charge is 0.507 e. The fourth-order valence-corrected chi connectivity index (χ4v) is 3.68. The van der Waals surface area contributed by atoms with Gasteiger partial charge in [-0.25, -0.2) is 0 Å². The van der Waals surface area contributed by atoms with Crippen molar-refractivity contribution < 1.29 is 14.7 Å². The van der Waals surface area contributed by atoms with Crippen LogP contribution in [0.15, 0.2) is 78.8 Å². The fourth-order valence-electron chi connectivity index (χ4n) is 3.68. The van der Waals surface area contributed by atoms with Crippen LogP contribution in [0.25, 0.3) is 5.76 Å². The summed E-state index contributed by atoms with van der Waals surface area (Å²) in [6, 6.07) is 15.5. The van der Waals surface area contributed by atoms with E-state index < -0.39 is 17.7 Å². The van der Waals surface area contributed by atoms with Crippen molar-refractivity contribution >= 4 is 23.1 Å². The molecule has 0 radical (unpaired) electrons. The molecule has 1 atom stereocenters. The van der Waals surface area contributed by atoms with Gasteiger partial charge in [0.15, 0.2) is 0 Å². The number of amides is 1. The zero-order valence-electron chi connectivity index (χ0n) is 17.3. The van der Waals surface area contributed by atoms with Gasteiger partial charge in [-0.15, -0.1) is 0 Å². The molecule has 1 aliphatic heterocycles. The highest BCUT2D eigenvalue weighted by Gasteiger charge is 2.46. The SMILES string of the molecule is CN(C)c1ccc(C2/C(=C(/O)c3ccncc3)C(=O)C(=O)N2Cc2ccccn2)cc1. The predicted octanol–water partition coefficient (Wildman–Crippen LogP) is 3.16. The molecule has 1 aliphatic rings. The van der Waals surface area contributed by atoms with Gasteiger partial charge in [-0.1, -0.05) is 18.2 Å². The molecule has 1 amide bonds. The number of rotatable bonds is 5. The number of likely N-dealkylation sites (tertiary alicyclic amines) is 1. The standard InChI is InChI=1S/C24H22N4O3/c1-27(2)19-8-6-16(7-9-19)21-20(22(29)17-10-13-25-14-11-17)23(30)24(31)28(21)15-18-5-3-4-12-26-18/h3-14,21,29H,15H2,1-2H3/b22-20-. The van der Waals surface area contributed by atoms with Crippen molar-refractivity contribution in [3.8, 4) is 0 Å². The zero-order valence-corrected chi connectivity index (χ0v) is 17.3. The lowest BCUT2D eigenvalue weighted by molar-refractivity contribution is -0.140. The van der Waals surface area contributed by atoms with Gasteiger partial charge in [0.05, 0.1) is 23.9 Å². The second-order valence-electron chi connectivity index (χ2n) is 7.47. The molecule has 0 aliphatic carbocycles. The first-order valence-corrected chi connectivity index (χ1v) is 9.83. The molecular weight excluding hydrogens is 392 g/mol. The van der Waals surface area contributed by atoms with Gasteiger partial charge in [-0.05, 0) is 42.0 Å². The second kappa shape index (κ2) is 8.39. The average molecular weight is 414 g/mol. The summed E-state index contributed by atoms with van der Waals surface area (Å²) in [4.78, 5) is 37.7. The Morgan fingerprint density at radius 1 is 1.00 bits per heavy atom. The number of aromatic nitrogens is 2. The quantitative estimate of drug-likeness (QED) is 0.392. The van der Waals surface area contributed by atoms with E-state index in [1.807, 2.05) is 49.3 Å². The second-order valence-corrected chi connectivity index (χ2v) is 7.47. The van der Waals surface area contributed by atoms with Gasteiger partial charge in [-0.2, -0.15) is 0 Å². The highest BCUT2D eigenvalue weighted by Crippen LogP contribution is 2.40. The van der Waals surface area contributed by atoms with Crippen LogP contribution in [0.5, 0.6) is 0 Å². The third kappa shape index (κ3) is 3.90. The number of aliphatic hydroxyl groups excluding tert-OH is 1. The molecule has 1 unspecified atom stereocenters. The molecule has 2 aromatic heterocycles. The maximum absolute atomic E-state index is 13.0. The van der Waals surface area contributed by atoms with Crippen molar-refractivity contribution in [2.75, 3.05) is 19.0 Å². The Labute approximate surface area is 180 Å². The molecule has 3 aromatic rings. The lowest BCUT2D eigenvalue weighted by Crippen LogP contribution is -2.29. The molecule has 0 bridgehead atoms. The highest BCUT2D eigenvalue weighted by atomic mass is 16.3. The van der Waals surface area contributed by atoms with Crippen molar-refractivity contribution in [2.45, 2.75) is 12.6 Å². The van der Waals surface area contributed by atoms with E-state index in [0.29, 0.717) is 11.3 Å². The molecule has 0 saturated carbocycles. The van der Waals surface area contributed by atoms with Crippen LogP contribution in [0.4, 0.5) is 5.69 Å². The predicted molar refractivity (Wildman–Crippen MR) is 117 cm³/mol. The van der Waals surface area contributed by atoms with Crippen LogP contribution < -0.4 is 4.90 Å². The summed E-state index contributed by atoms with van der Waals surface area (Å²) in [5, 5.41) is 11.0. The van der Waals surface area contributed by atoms with Crippen molar-refractivity contribution in [3.05, 3.63) is 95.6 Å². The number of carbonyl (C=O) groups is 2. The first-order chi connectivity index (χ1) is 15.0. The number of Topliss-reactive ketones (excluding diaryl/α,β-unsaturated/α-hetero) is 1. The van der Waals surface area contributed by atoms with Crippen molar-refractivity contribution in [3.63, 3.8) is 0 Å². The van der Waals surface area contributed by atoms with Crippen LogP contribution in [0.2, 0.25) is 0 Å². The lowest BCUT2D eigenvalue weighted by atomic mass is 9.95. The Morgan fingerprint density at radius 2 is 1.71 bits per heavy atom. The van der Waals surface area contributed by atoms with Crippen LogP contribution in [-0.2, 0) is 16.1 Å². The van der Waals surface area contributed by atoms with E-state index in [1.165, 1.54) is 17.3 Å². The average Bonchev–Trinajstić information content (AvgIpc) is 3.05. The third-order valence-electron chi connectivity index (χ3n) is 5.28. The number of hydrogen-bond acceptors (Lipinski definition) is 6. The van der Waals surface area contributed by atoms with Gasteiger partial charge in [-0.3, -0.25) is 19.6 Å². The van der Waals surface area contributed by atoms with Gasteiger partial charge in [0, 0.05) is 43.9 Å². The number of ketones is 1. The van der Waals surface area contributed by atoms with E-state index in [4.69, 9.17) is 0 Å². The number of pyridine rings is 2. The molecular formula is C24H22N4O3. The van der Waals surface area contributed by atoms with Crippen LogP contribution in [0.1, 0.15) is 22.9 Å². The number of nitrogens with zero attached hydrogens (tertiary/aromatic N) is 4. The van der Waals surface area contributed by atoms with E-state index >= 15 is 0 Å². The Bertz CT molecular complexity index is 1130. The molecule has 7 heteroatoms. The zero-order chi connectivity index (χ0) is 22.0. The highest BCUT2D eigenvalue weighted by molar-refractivity contribution is 6.46. The summed E-state index contributed by atoms with van der Waals surface area (Å²) in [6.07, 6.45) is 4.70. The summed E-state index contributed by atoms with van der Waals surface area (Å²) in [7, 11) is 3.87. The van der Waals surface area contributed by atoms with E-state index in [0.717, 1.165) is 11.3 Å². The normalized spacial score (nSPS) is 17.7. The molecule has 3 heterocycles. The summed E-state index contributed by atoms with van der Waals surface area (Å²) >= 11 is 0. The minimum Gasteiger partial charge on any atom is -0.507 e. The minimum atomic E-state index is -0.730. The van der Waals surface area contributed by atoms with Gasteiger partial charge < -0.3 is 14.9 Å². The van der Waals surface area contributed by atoms with Crippen LogP contribution in [-0.4, -0.2) is 45.8 Å². The monoisotopic (exact) mass is 414 g/mol. The van der Waals surface area contributed by atoms with Crippen molar-refractivity contribution in [1.29, 1.82) is 0 Å². The van der Waals surface area contributed by atoms with E-state index in [2.05, 4.69) is 9.97 Å². The maximum Gasteiger partial charge on any atom is 0.296 e. The summed E-state index contributed by atoms with van der Waals surface area (Å²) in [5.74, 6) is -1.60. The van der Waals surface area contributed by atoms with E-state index in [1.54, 1.807) is 30.5 Å². The van der Waals surface area contributed by atoms with Gasteiger partial charge in [0.25, 0.3) is 11.7 Å². The summed E-state index contributed by atoms with van der Waals surface area (Å²) < 4.78 is 0. The molecule has 31 heavy (non-hydrogen) atoms. The Morgan fingerprint density at radius 3 is 2.32 bits per heavy atom. The Hall–Kier alpha value is -4.00. The van der Waals surface area contributed by atoms with E-state index in [9.17, 15) is 14.7 Å². The lowest BCUT2D eigenvalue weighted by Gasteiger charge is -2.25. The Balaban J connectivity index is 1.84. The van der Waals surface area contributed by atoms with Crippen LogP contribution in [0.3, 0.4) is 0 Å². The molecule has 4 rings (SSSR count). The molecule has 1 fully saturated rings. The number of benzene rings is 1. The topological polar surface area (TPSA) is 86.6 Å². The van der Waals surface area contributed by atoms with E-state index in [-0.39, 0.29) is 17.9 Å². The number of hydrogen-bond donors (Lipinski definition) is 1. The molecule has 1 saturated heterocycles. The van der Waals surface area contributed by atoms with Crippen molar-refractivity contribution in [1.82, 2.24) is 14.9 Å². The molecule has 156 valence electrons. The van der Waals surface area contributed by atoms with Gasteiger partial charge in [0.2, 0.25) is 0 Å². The number of aliphatic hydroxyl groups is 1. The minimum absolute atomic E-state index is 0.0599. The molecule has 1 aromatic carbocycles. The molecule has 0 spiro atoms. The first-order valence-electron chi connectivity index (χ1n) is 9.83. The first kappa shape index (κ1) is 20.3. The number of anilines is 1. The third-order valence-corrected chi connectivity index (χ3v) is 5.28. The van der Waals surface area contributed by atoms with Crippen LogP contribution in [0, 0.1) is 0 Å². The molecule has 1 N–H and O–H groups in total. The number of carbonyl (C=O) groups excluding carboxylic acids is 2. The fraction of sp³-hybridized carbons (Fsp3) is 0.167. The molecule has 7 nitrogen and oxygen atoms in total. The smallest absolute Gasteiger partial charge is 0.296 e.